The van der Waals surface area contributed by atoms with Crippen molar-refractivity contribution >= 4 is 17.5 Å². The smallest absolute Gasteiger partial charge is 0.261 e. The van der Waals surface area contributed by atoms with Gasteiger partial charge in [-0.2, -0.15) is 0 Å². The van der Waals surface area contributed by atoms with Gasteiger partial charge in [-0.15, -0.1) is 0 Å². The van der Waals surface area contributed by atoms with Gasteiger partial charge in [0.15, 0.2) is 0 Å². The average Bonchev–Trinajstić information content (AvgIpc) is 2.66. The molecule has 0 atom stereocenters. The summed E-state index contributed by atoms with van der Waals surface area (Å²) in [5.74, 6) is -0.521. The summed E-state index contributed by atoms with van der Waals surface area (Å²) in [6.07, 6.45) is 0. The number of phenolic OH excluding ortho intramolecular Hbond substituents is 1. The summed E-state index contributed by atoms with van der Waals surface area (Å²) >= 11 is 0. The van der Waals surface area contributed by atoms with Gasteiger partial charge in [0.2, 0.25) is 0 Å². The van der Waals surface area contributed by atoms with Gasteiger partial charge < -0.3 is 10.8 Å². The number of hydrogen-bond acceptors (Lipinski definition) is 4. The lowest BCUT2D eigenvalue weighted by molar-refractivity contribution is 0.0642. The molecule has 0 radical (unpaired) electrons. The number of nitrogens with zero attached hydrogens (tertiary/aromatic N) is 1. The first-order chi connectivity index (χ1) is 9.56. The predicted molar refractivity (Wildman–Crippen MR) is 73.2 cm³/mol. The molecule has 1 aliphatic rings. The lowest BCUT2D eigenvalue weighted by Gasteiger charge is -2.13. The number of aromatic hydroxyl groups is 1. The van der Waals surface area contributed by atoms with E-state index in [2.05, 4.69) is 0 Å². The Labute approximate surface area is 115 Å². The van der Waals surface area contributed by atoms with Gasteiger partial charge in [-0.05, 0) is 35.9 Å². The SMILES string of the molecule is Nc1ccc2c(c1)C(=O)N(Cc1ccc(O)cc1)C2=O. The Kier molecular flexibility index (Phi) is 2.68. The van der Waals surface area contributed by atoms with Crippen molar-refractivity contribution in [3.8, 4) is 5.75 Å². The van der Waals surface area contributed by atoms with Crippen molar-refractivity contribution in [1.29, 1.82) is 0 Å². The molecule has 20 heavy (non-hydrogen) atoms. The van der Waals surface area contributed by atoms with Gasteiger partial charge in [0, 0.05) is 5.69 Å². The molecule has 0 spiro atoms. The number of benzene rings is 2. The van der Waals surface area contributed by atoms with Crippen LogP contribution in [0.2, 0.25) is 0 Å². The molecule has 3 rings (SSSR count). The fourth-order valence-electron chi connectivity index (χ4n) is 2.24. The summed E-state index contributed by atoms with van der Waals surface area (Å²) in [5.41, 5.74) is 7.59. The molecule has 1 aliphatic heterocycles. The topological polar surface area (TPSA) is 83.6 Å². The van der Waals surface area contributed by atoms with E-state index in [0.29, 0.717) is 16.8 Å². The lowest BCUT2D eigenvalue weighted by Crippen LogP contribution is -2.29. The molecular weight excluding hydrogens is 256 g/mol. The fraction of sp³-hybridized carbons (Fsp3) is 0.0667. The van der Waals surface area contributed by atoms with Crippen molar-refractivity contribution in [3.05, 3.63) is 59.2 Å². The number of phenols is 1. The van der Waals surface area contributed by atoms with E-state index in [0.717, 1.165) is 5.56 Å². The number of nitrogens with two attached hydrogens (primary N) is 1. The van der Waals surface area contributed by atoms with Gasteiger partial charge in [-0.1, -0.05) is 12.1 Å². The molecule has 0 aromatic heterocycles. The molecule has 5 nitrogen and oxygen atoms in total. The number of imide groups is 1. The van der Waals surface area contributed by atoms with Gasteiger partial charge in [-0.25, -0.2) is 0 Å². The number of nitrogen functional groups attached to an aromatic ring is 1. The number of rotatable bonds is 2. The van der Waals surface area contributed by atoms with Gasteiger partial charge in [0.05, 0.1) is 17.7 Å². The zero-order chi connectivity index (χ0) is 14.3. The quantitative estimate of drug-likeness (QED) is 0.642. The van der Waals surface area contributed by atoms with Crippen molar-refractivity contribution in [1.82, 2.24) is 4.90 Å². The van der Waals surface area contributed by atoms with Crippen LogP contribution in [0.15, 0.2) is 42.5 Å². The molecule has 0 aliphatic carbocycles. The molecule has 1 heterocycles. The molecule has 5 heteroatoms. The van der Waals surface area contributed by atoms with Crippen LogP contribution in [-0.4, -0.2) is 21.8 Å². The lowest BCUT2D eigenvalue weighted by atomic mass is 10.1. The van der Waals surface area contributed by atoms with E-state index >= 15 is 0 Å². The van der Waals surface area contributed by atoms with E-state index in [-0.39, 0.29) is 24.1 Å². The van der Waals surface area contributed by atoms with E-state index < -0.39 is 0 Å². The summed E-state index contributed by atoms with van der Waals surface area (Å²) in [6, 6.07) is 11.1. The normalized spacial score (nSPS) is 13.7. The minimum atomic E-state index is -0.342. The van der Waals surface area contributed by atoms with Crippen LogP contribution in [0.25, 0.3) is 0 Å². The maximum atomic E-state index is 12.2. The van der Waals surface area contributed by atoms with E-state index in [4.69, 9.17) is 5.73 Å². The standard InChI is InChI=1S/C15H12N2O3/c16-10-3-6-12-13(7-10)15(20)17(14(12)19)8-9-1-4-11(18)5-2-9/h1-7,18H,8,16H2. The van der Waals surface area contributed by atoms with Crippen molar-refractivity contribution < 1.29 is 14.7 Å². The molecule has 0 saturated carbocycles. The highest BCUT2D eigenvalue weighted by atomic mass is 16.3. The maximum absolute atomic E-state index is 12.2. The number of hydrogen-bond donors (Lipinski definition) is 2. The molecule has 0 unspecified atom stereocenters. The molecule has 2 aromatic rings. The van der Waals surface area contributed by atoms with Crippen LogP contribution >= 0.6 is 0 Å². The number of anilines is 1. The first-order valence-electron chi connectivity index (χ1n) is 6.10. The molecule has 2 amide bonds. The first-order valence-corrected chi connectivity index (χ1v) is 6.10. The Morgan fingerprint density at radius 2 is 1.60 bits per heavy atom. The van der Waals surface area contributed by atoms with Crippen LogP contribution in [0.4, 0.5) is 5.69 Å². The number of fused-ring (bicyclic) bond motifs is 1. The Balaban J connectivity index is 1.91. The number of carbonyl (C=O) groups excluding carboxylic acids is 2. The van der Waals surface area contributed by atoms with Crippen molar-refractivity contribution in [2.24, 2.45) is 0 Å². The number of amides is 2. The van der Waals surface area contributed by atoms with Crippen LogP contribution in [0.1, 0.15) is 26.3 Å². The third-order valence-electron chi connectivity index (χ3n) is 3.27. The van der Waals surface area contributed by atoms with Crippen LogP contribution in [0, 0.1) is 0 Å². The predicted octanol–water partition coefficient (Wildman–Crippen LogP) is 1.77. The first kappa shape index (κ1) is 12.2. The molecule has 0 bridgehead atoms. The van der Waals surface area contributed by atoms with E-state index in [9.17, 15) is 14.7 Å². The van der Waals surface area contributed by atoms with Gasteiger partial charge in [-0.3, -0.25) is 14.5 Å². The minimum absolute atomic E-state index is 0.142. The Bertz CT molecular complexity index is 708. The summed E-state index contributed by atoms with van der Waals surface area (Å²) in [7, 11) is 0. The Morgan fingerprint density at radius 3 is 2.30 bits per heavy atom. The zero-order valence-corrected chi connectivity index (χ0v) is 10.5. The summed E-state index contributed by atoms with van der Waals surface area (Å²) in [6.45, 7) is 0.173. The van der Waals surface area contributed by atoms with Crippen molar-refractivity contribution in [3.63, 3.8) is 0 Å². The maximum Gasteiger partial charge on any atom is 0.261 e. The van der Waals surface area contributed by atoms with E-state index in [1.807, 2.05) is 0 Å². The summed E-state index contributed by atoms with van der Waals surface area (Å²) in [5, 5.41) is 9.23. The Morgan fingerprint density at radius 1 is 0.950 bits per heavy atom. The van der Waals surface area contributed by atoms with Crippen LogP contribution in [0.5, 0.6) is 5.75 Å². The molecular formula is C15H12N2O3. The van der Waals surface area contributed by atoms with Gasteiger partial charge >= 0.3 is 0 Å². The monoisotopic (exact) mass is 268 g/mol. The number of carbonyl (C=O) groups is 2. The average molecular weight is 268 g/mol. The molecule has 100 valence electrons. The fourth-order valence-corrected chi connectivity index (χ4v) is 2.24. The highest BCUT2D eigenvalue weighted by molar-refractivity contribution is 6.21. The third-order valence-corrected chi connectivity index (χ3v) is 3.27. The zero-order valence-electron chi connectivity index (χ0n) is 10.5. The van der Waals surface area contributed by atoms with Crippen molar-refractivity contribution in [2.45, 2.75) is 6.54 Å². The van der Waals surface area contributed by atoms with Crippen LogP contribution in [-0.2, 0) is 6.54 Å². The molecule has 0 saturated heterocycles. The second kappa shape index (κ2) is 4.38. The van der Waals surface area contributed by atoms with Crippen LogP contribution < -0.4 is 5.73 Å². The second-order valence-corrected chi connectivity index (χ2v) is 4.67. The summed E-state index contributed by atoms with van der Waals surface area (Å²) < 4.78 is 0. The van der Waals surface area contributed by atoms with Gasteiger partial charge in [0.25, 0.3) is 11.8 Å². The van der Waals surface area contributed by atoms with Crippen LogP contribution in [0.3, 0.4) is 0 Å². The Hall–Kier alpha value is -2.82. The van der Waals surface area contributed by atoms with Crippen molar-refractivity contribution in [2.75, 3.05) is 5.73 Å². The third kappa shape index (κ3) is 1.89. The highest BCUT2D eigenvalue weighted by Gasteiger charge is 2.35. The minimum Gasteiger partial charge on any atom is -0.508 e. The summed E-state index contributed by atoms with van der Waals surface area (Å²) in [4.78, 5) is 25.6. The highest BCUT2D eigenvalue weighted by Crippen LogP contribution is 2.26. The van der Waals surface area contributed by atoms with Gasteiger partial charge in [0.1, 0.15) is 5.75 Å². The molecule has 3 N–H and O–H groups in total. The second-order valence-electron chi connectivity index (χ2n) is 4.67. The molecule has 2 aromatic carbocycles. The van der Waals surface area contributed by atoms with E-state index in [1.54, 1.807) is 24.3 Å². The largest absolute Gasteiger partial charge is 0.508 e. The van der Waals surface area contributed by atoms with E-state index in [1.165, 1.54) is 23.1 Å². The molecule has 0 fully saturated rings.